The Morgan fingerprint density at radius 3 is 2.23 bits per heavy atom. The van der Waals surface area contributed by atoms with E-state index in [1.807, 2.05) is 0 Å². The number of amides is 2. The Hall–Kier alpha value is -2.37. The summed E-state index contributed by atoms with van der Waals surface area (Å²) in [7, 11) is 1.61. The van der Waals surface area contributed by atoms with E-state index < -0.39 is 23.2 Å². The number of benzene rings is 1. The molecule has 1 heterocycles. The zero-order valence-electron chi connectivity index (χ0n) is 12.4. The van der Waals surface area contributed by atoms with Gasteiger partial charge in [-0.1, -0.05) is 18.6 Å². The minimum atomic E-state index is -0.794. The summed E-state index contributed by atoms with van der Waals surface area (Å²) in [6.07, 6.45) is 2.21. The van der Waals surface area contributed by atoms with Crippen LogP contribution in [0.4, 0.5) is 5.69 Å². The van der Waals surface area contributed by atoms with E-state index in [9.17, 15) is 19.5 Å². The molecule has 22 heavy (non-hydrogen) atoms. The number of rotatable bonds is 3. The highest BCUT2D eigenvalue weighted by Crippen LogP contribution is 2.44. The van der Waals surface area contributed by atoms with Crippen molar-refractivity contribution >= 4 is 23.5 Å². The van der Waals surface area contributed by atoms with Crippen LogP contribution in [0, 0.1) is 0 Å². The second kappa shape index (κ2) is 5.12. The molecule has 116 valence electrons. The Labute approximate surface area is 128 Å². The van der Waals surface area contributed by atoms with Crippen molar-refractivity contribution in [1.29, 1.82) is 0 Å². The number of carboxylic acids is 1. The lowest BCUT2D eigenvalue weighted by Gasteiger charge is -2.38. The molecule has 1 aliphatic heterocycles. The first-order valence-corrected chi connectivity index (χ1v) is 7.36. The number of piperazine rings is 1. The predicted octanol–water partition coefficient (Wildman–Crippen LogP) is 0.998. The zero-order chi connectivity index (χ0) is 15.9. The summed E-state index contributed by atoms with van der Waals surface area (Å²) in [4.78, 5) is 38.1. The predicted molar refractivity (Wildman–Crippen MR) is 79.6 cm³/mol. The zero-order valence-corrected chi connectivity index (χ0v) is 12.4. The normalized spacial score (nSPS) is 20.8. The van der Waals surface area contributed by atoms with Gasteiger partial charge in [-0.05, 0) is 30.5 Å². The highest BCUT2D eigenvalue weighted by Gasteiger charge is 2.45. The minimum absolute atomic E-state index is 0.449. The van der Waals surface area contributed by atoms with E-state index in [-0.39, 0.29) is 0 Å². The van der Waals surface area contributed by atoms with Crippen LogP contribution in [0.3, 0.4) is 0 Å². The molecule has 2 fully saturated rings. The third-order valence-corrected chi connectivity index (χ3v) is 4.78. The molecule has 6 nitrogen and oxygen atoms in total. The molecule has 0 unspecified atom stereocenters. The van der Waals surface area contributed by atoms with Crippen molar-refractivity contribution in [3.8, 4) is 0 Å². The van der Waals surface area contributed by atoms with Gasteiger partial charge in [0, 0.05) is 25.8 Å². The van der Waals surface area contributed by atoms with Gasteiger partial charge in [0.25, 0.3) is 0 Å². The van der Waals surface area contributed by atoms with Gasteiger partial charge in [0.2, 0.25) is 0 Å². The highest BCUT2D eigenvalue weighted by atomic mass is 16.4. The quantitative estimate of drug-likeness (QED) is 0.845. The lowest BCUT2D eigenvalue weighted by atomic mass is 9.64. The molecular weight excluding hydrogens is 284 g/mol. The molecule has 2 amide bonds. The number of hydrogen-bond donors (Lipinski definition) is 1. The standard InChI is InChI=1S/C16H18N2O4/c1-17-9-10-18(14(20)13(17)19)12-5-3-11(4-6-12)16(15(21)22)7-2-8-16/h3-6H,2,7-10H2,1H3,(H,21,22). The van der Waals surface area contributed by atoms with Gasteiger partial charge in [-0.15, -0.1) is 0 Å². The fourth-order valence-corrected chi connectivity index (χ4v) is 3.09. The van der Waals surface area contributed by atoms with Crippen LogP contribution in [0.15, 0.2) is 24.3 Å². The molecule has 0 atom stereocenters. The lowest BCUT2D eigenvalue weighted by molar-refractivity contribution is -0.147. The average Bonchev–Trinajstić information content (AvgIpc) is 2.44. The molecule has 3 rings (SSSR count). The first-order chi connectivity index (χ1) is 10.5. The van der Waals surface area contributed by atoms with Gasteiger partial charge >= 0.3 is 17.8 Å². The second-order valence-electron chi connectivity index (χ2n) is 5.97. The number of nitrogens with zero attached hydrogens (tertiary/aromatic N) is 2. The van der Waals surface area contributed by atoms with Gasteiger partial charge in [-0.3, -0.25) is 14.4 Å². The Morgan fingerprint density at radius 1 is 1.09 bits per heavy atom. The topological polar surface area (TPSA) is 77.9 Å². The summed E-state index contributed by atoms with van der Waals surface area (Å²) in [6.45, 7) is 0.940. The van der Waals surface area contributed by atoms with Gasteiger partial charge in [0.1, 0.15) is 0 Å². The number of likely N-dealkylation sites (N-methyl/N-ethyl adjacent to an activating group) is 1. The van der Waals surface area contributed by atoms with Crippen LogP contribution in [0.5, 0.6) is 0 Å². The van der Waals surface area contributed by atoms with Crippen LogP contribution >= 0.6 is 0 Å². The van der Waals surface area contributed by atoms with Gasteiger partial charge in [0.05, 0.1) is 5.41 Å². The maximum absolute atomic E-state index is 12.0. The van der Waals surface area contributed by atoms with Crippen LogP contribution in [0.1, 0.15) is 24.8 Å². The minimum Gasteiger partial charge on any atom is -0.481 e. The van der Waals surface area contributed by atoms with Crippen LogP contribution in [-0.2, 0) is 19.8 Å². The molecule has 0 spiro atoms. The van der Waals surface area contributed by atoms with Gasteiger partial charge in [-0.25, -0.2) is 0 Å². The highest BCUT2D eigenvalue weighted by molar-refractivity contribution is 6.40. The molecular formula is C16H18N2O4. The largest absolute Gasteiger partial charge is 0.481 e. The lowest BCUT2D eigenvalue weighted by Crippen LogP contribution is -2.53. The van der Waals surface area contributed by atoms with E-state index >= 15 is 0 Å². The smallest absolute Gasteiger partial charge is 0.316 e. The number of aliphatic carboxylic acids is 1. The van der Waals surface area contributed by atoms with E-state index in [1.165, 1.54) is 9.80 Å². The third kappa shape index (κ3) is 2.06. The summed E-state index contributed by atoms with van der Waals surface area (Å²) >= 11 is 0. The van der Waals surface area contributed by atoms with Crippen molar-refractivity contribution in [2.45, 2.75) is 24.7 Å². The van der Waals surface area contributed by atoms with Crippen molar-refractivity contribution in [2.75, 3.05) is 25.0 Å². The van der Waals surface area contributed by atoms with E-state index in [1.54, 1.807) is 31.3 Å². The third-order valence-electron chi connectivity index (χ3n) is 4.78. The molecule has 1 N–H and O–H groups in total. The second-order valence-corrected chi connectivity index (χ2v) is 5.97. The van der Waals surface area contributed by atoms with Gasteiger partial charge in [-0.2, -0.15) is 0 Å². The van der Waals surface area contributed by atoms with Crippen LogP contribution in [0.25, 0.3) is 0 Å². The molecule has 0 bridgehead atoms. The molecule has 0 aromatic heterocycles. The number of hydrogen-bond acceptors (Lipinski definition) is 3. The van der Waals surface area contributed by atoms with Crippen molar-refractivity contribution < 1.29 is 19.5 Å². The molecule has 1 aromatic carbocycles. The van der Waals surface area contributed by atoms with Crippen LogP contribution < -0.4 is 4.90 Å². The first kappa shape index (κ1) is 14.6. The van der Waals surface area contributed by atoms with Crippen molar-refractivity contribution in [2.24, 2.45) is 0 Å². The Bertz CT molecular complexity index is 634. The molecule has 1 aliphatic carbocycles. The summed E-state index contributed by atoms with van der Waals surface area (Å²) in [5.74, 6) is -1.85. The molecule has 1 saturated heterocycles. The Balaban J connectivity index is 1.84. The van der Waals surface area contributed by atoms with E-state index in [0.29, 0.717) is 31.6 Å². The maximum atomic E-state index is 12.0. The summed E-state index contributed by atoms with van der Waals surface area (Å²) < 4.78 is 0. The number of carbonyl (C=O) groups excluding carboxylic acids is 2. The summed E-state index contributed by atoms with van der Waals surface area (Å²) in [5, 5.41) is 9.45. The van der Waals surface area contributed by atoms with E-state index in [4.69, 9.17) is 0 Å². The van der Waals surface area contributed by atoms with Gasteiger partial charge in [0.15, 0.2) is 0 Å². The number of anilines is 1. The Kier molecular flexibility index (Phi) is 3.39. The fourth-order valence-electron chi connectivity index (χ4n) is 3.09. The van der Waals surface area contributed by atoms with E-state index in [0.717, 1.165) is 12.0 Å². The molecule has 1 aromatic rings. The molecule has 1 saturated carbocycles. The van der Waals surface area contributed by atoms with Crippen molar-refractivity contribution in [3.63, 3.8) is 0 Å². The first-order valence-electron chi connectivity index (χ1n) is 7.36. The van der Waals surface area contributed by atoms with Gasteiger partial charge < -0.3 is 14.9 Å². The monoisotopic (exact) mass is 302 g/mol. The SMILES string of the molecule is CN1CCN(c2ccc(C3(C(=O)O)CCC3)cc2)C(=O)C1=O. The van der Waals surface area contributed by atoms with Crippen molar-refractivity contribution in [3.05, 3.63) is 29.8 Å². The summed E-state index contributed by atoms with van der Waals surface area (Å²) in [6, 6.07) is 6.99. The van der Waals surface area contributed by atoms with Crippen LogP contribution in [-0.4, -0.2) is 47.9 Å². The molecule has 0 radical (unpaired) electrons. The Morgan fingerprint density at radius 2 is 1.73 bits per heavy atom. The molecule has 6 heteroatoms. The molecule has 2 aliphatic rings. The van der Waals surface area contributed by atoms with E-state index in [2.05, 4.69) is 0 Å². The van der Waals surface area contributed by atoms with Crippen LogP contribution in [0.2, 0.25) is 0 Å². The fraction of sp³-hybridized carbons (Fsp3) is 0.438. The number of carboxylic acid groups (broad SMARTS) is 1. The van der Waals surface area contributed by atoms with Crippen molar-refractivity contribution in [1.82, 2.24) is 4.90 Å². The average molecular weight is 302 g/mol. The summed E-state index contributed by atoms with van der Waals surface area (Å²) in [5.41, 5.74) is 0.624. The maximum Gasteiger partial charge on any atom is 0.316 e. The number of carbonyl (C=O) groups is 3.